The van der Waals surface area contributed by atoms with E-state index in [1.807, 2.05) is 24.4 Å². The molecule has 0 amide bonds. The lowest BCUT2D eigenvalue weighted by Gasteiger charge is -2.19. The summed E-state index contributed by atoms with van der Waals surface area (Å²) >= 11 is 0. The third-order valence-corrected chi connectivity index (χ3v) is 3.55. The molecule has 1 N–H and O–H groups in total. The van der Waals surface area contributed by atoms with E-state index in [4.69, 9.17) is 0 Å². The summed E-state index contributed by atoms with van der Waals surface area (Å²) in [5.74, 6) is 0.527. The van der Waals surface area contributed by atoms with Crippen LogP contribution >= 0.6 is 0 Å². The topological polar surface area (TPSA) is 68.1 Å². The first-order valence-electron chi connectivity index (χ1n) is 6.65. The second-order valence-electron chi connectivity index (χ2n) is 5.02. The second kappa shape index (κ2) is 5.28. The monoisotopic (exact) mass is 269 g/mol. The highest BCUT2D eigenvalue weighted by Gasteiger charge is 2.33. The van der Waals surface area contributed by atoms with Crippen molar-refractivity contribution in [1.82, 2.24) is 4.98 Å². The van der Waals surface area contributed by atoms with E-state index in [1.54, 1.807) is 18.3 Å². The van der Waals surface area contributed by atoms with Crippen molar-refractivity contribution in [1.29, 1.82) is 0 Å². The number of nitrogens with one attached hydrogen (secondary N) is 1. The molecule has 0 bridgehead atoms. The van der Waals surface area contributed by atoms with Crippen LogP contribution < -0.4 is 5.32 Å². The lowest BCUT2D eigenvalue weighted by molar-refractivity contribution is -0.384. The van der Waals surface area contributed by atoms with Crippen LogP contribution in [0.15, 0.2) is 48.8 Å². The van der Waals surface area contributed by atoms with Gasteiger partial charge in [-0.3, -0.25) is 15.1 Å². The minimum atomic E-state index is -0.352. The van der Waals surface area contributed by atoms with Gasteiger partial charge in [0.2, 0.25) is 0 Å². The number of nitrogens with zero attached hydrogens (tertiary/aromatic N) is 2. The Hall–Kier alpha value is -2.43. The molecule has 20 heavy (non-hydrogen) atoms. The van der Waals surface area contributed by atoms with Crippen LogP contribution in [0.4, 0.5) is 11.4 Å². The molecular weight excluding hydrogens is 254 g/mol. The SMILES string of the molecule is O=[N+]([O-])c1ccccc1N[C@@H](c1cccnc1)C1CC1. The van der Waals surface area contributed by atoms with Crippen LogP contribution in [0.3, 0.4) is 0 Å². The molecule has 1 atom stereocenters. The number of benzene rings is 1. The van der Waals surface area contributed by atoms with Crippen LogP contribution in [-0.2, 0) is 0 Å². The van der Waals surface area contributed by atoms with Crippen molar-refractivity contribution in [3.8, 4) is 0 Å². The second-order valence-corrected chi connectivity index (χ2v) is 5.02. The fraction of sp³-hybridized carbons (Fsp3) is 0.267. The van der Waals surface area contributed by atoms with Gasteiger partial charge in [0.25, 0.3) is 5.69 Å². The fourth-order valence-electron chi connectivity index (χ4n) is 2.39. The number of aromatic nitrogens is 1. The van der Waals surface area contributed by atoms with Crippen LogP contribution in [0.5, 0.6) is 0 Å². The Morgan fingerprint density at radius 3 is 2.70 bits per heavy atom. The molecule has 0 aliphatic heterocycles. The van der Waals surface area contributed by atoms with Crippen molar-refractivity contribution in [3.05, 3.63) is 64.5 Å². The Kier molecular flexibility index (Phi) is 3.33. The lowest BCUT2D eigenvalue weighted by Crippen LogP contribution is -2.14. The Morgan fingerprint density at radius 1 is 1.25 bits per heavy atom. The van der Waals surface area contributed by atoms with Gasteiger partial charge in [0.05, 0.1) is 11.0 Å². The summed E-state index contributed by atoms with van der Waals surface area (Å²) in [5.41, 5.74) is 1.76. The third kappa shape index (κ3) is 2.61. The number of pyridine rings is 1. The van der Waals surface area contributed by atoms with Crippen molar-refractivity contribution in [3.63, 3.8) is 0 Å². The number of hydrogen-bond donors (Lipinski definition) is 1. The van der Waals surface area contributed by atoms with Crippen LogP contribution in [0.1, 0.15) is 24.4 Å². The molecule has 5 heteroatoms. The summed E-state index contributed by atoms with van der Waals surface area (Å²) in [6.07, 6.45) is 5.85. The minimum absolute atomic E-state index is 0.0878. The summed E-state index contributed by atoms with van der Waals surface area (Å²) in [6.45, 7) is 0. The number of hydrogen-bond acceptors (Lipinski definition) is 4. The van der Waals surface area contributed by atoms with Gasteiger partial charge in [0.15, 0.2) is 0 Å². The highest BCUT2D eigenvalue weighted by atomic mass is 16.6. The van der Waals surface area contributed by atoms with Crippen LogP contribution in [0, 0.1) is 16.0 Å². The maximum Gasteiger partial charge on any atom is 0.292 e. The summed E-state index contributed by atoms with van der Waals surface area (Å²) in [7, 11) is 0. The standard InChI is InChI=1S/C15H15N3O2/c19-18(20)14-6-2-1-5-13(14)17-15(11-7-8-11)12-4-3-9-16-10-12/h1-6,9-11,15,17H,7-8H2/t15-/m1/s1. The van der Waals surface area contributed by atoms with E-state index < -0.39 is 0 Å². The molecular formula is C15H15N3O2. The van der Waals surface area contributed by atoms with Gasteiger partial charge >= 0.3 is 0 Å². The van der Waals surface area contributed by atoms with Crippen molar-refractivity contribution in [2.45, 2.75) is 18.9 Å². The van der Waals surface area contributed by atoms with E-state index in [9.17, 15) is 10.1 Å². The van der Waals surface area contributed by atoms with Crippen LogP contribution in [0.25, 0.3) is 0 Å². The molecule has 0 unspecified atom stereocenters. The van der Waals surface area contributed by atoms with Crippen molar-refractivity contribution in [2.75, 3.05) is 5.32 Å². The van der Waals surface area contributed by atoms with E-state index in [1.165, 1.54) is 6.07 Å². The Morgan fingerprint density at radius 2 is 2.05 bits per heavy atom. The molecule has 0 saturated heterocycles. The highest BCUT2D eigenvalue weighted by molar-refractivity contribution is 5.62. The summed E-state index contributed by atoms with van der Waals surface area (Å²) in [6, 6.07) is 10.8. The quantitative estimate of drug-likeness (QED) is 0.665. The fourth-order valence-corrected chi connectivity index (χ4v) is 2.39. The largest absolute Gasteiger partial charge is 0.372 e. The number of rotatable bonds is 5. The number of para-hydroxylation sites is 2. The first-order valence-corrected chi connectivity index (χ1v) is 6.65. The Bertz CT molecular complexity index is 612. The molecule has 0 spiro atoms. The van der Waals surface area contributed by atoms with E-state index in [2.05, 4.69) is 10.3 Å². The zero-order valence-electron chi connectivity index (χ0n) is 10.9. The minimum Gasteiger partial charge on any atom is -0.372 e. The number of nitro groups is 1. The predicted octanol–water partition coefficient (Wildman–Crippen LogP) is 3.55. The first-order chi connectivity index (χ1) is 9.75. The molecule has 3 rings (SSSR count). The normalized spacial score (nSPS) is 15.6. The zero-order chi connectivity index (χ0) is 13.9. The van der Waals surface area contributed by atoms with Gasteiger partial charge in [-0.05, 0) is 36.5 Å². The molecule has 5 nitrogen and oxygen atoms in total. The van der Waals surface area contributed by atoms with Crippen molar-refractivity contribution in [2.24, 2.45) is 5.92 Å². The maximum absolute atomic E-state index is 11.1. The molecule has 0 radical (unpaired) electrons. The average molecular weight is 269 g/mol. The van der Waals surface area contributed by atoms with Crippen LogP contribution in [-0.4, -0.2) is 9.91 Å². The number of anilines is 1. The van der Waals surface area contributed by atoms with Gasteiger partial charge in [0, 0.05) is 18.5 Å². The molecule has 1 aliphatic rings. The lowest BCUT2D eigenvalue weighted by atomic mass is 10.0. The molecule has 102 valence electrons. The third-order valence-electron chi connectivity index (χ3n) is 3.55. The Labute approximate surface area is 116 Å². The zero-order valence-corrected chi connectivity index (χ0v) is 10.9. The molecule has 2 aromatic rings. The smallest absolute Gasteiger partial charge is 0.292 e. The summed E-state index contributed by atoms with van der Waals surface area (Å²) in [4.78, 5) is 14.9. The molecule has 1 aromatic carbocycles. The van der Waals surface area contributed by atoms with Crippen LogP contribution in [0.2, 0.25) is 0 Å². The van der Waals surface area contributed by atoms with Gasteiger partial charge in [-0.15, -0.1) is 0 Å². The molecule has 1 heterocycles. The molecule has 1 aliphatic carbocycles. The molecule has 1 saturated carbocycles. The molecule has 1 fully saturated rings. The maximum atomic E-state index is 11.1. The Balaban J connectivity index is 1.90. The first kappa shape index (κ1) is 12.6. The van der Waals surface area contributed by atoms with E-state index >= 15 is 0 Å². The van der Waals surface area contributed by atoms with Gasteiger partial charge in [-0.25, -0.2) is 0 Å². The van der Waals surface area contributed by atoms with E-state index in [0.717, 1.165) is 18.4 Å². The van der Waals surface area contributed by atoms with E-state index in [-0.39, 0.29) is 16.7 Å². The summed E-state index contributed by atoms with van der Waals surface area (Å²) < 4.78 is 0. The van der Waals surface area contributed by atoms with Gasteiger partial charge in [-0.1, -0.05) is 18.2 Å². The highest BCUT2D eigenvalue weighted by Crippen LogP contribution is 2.43. The molecule has 1 aromatic heterocycles. The van der Waals surface area contributed by atoms with Crippen molar-refractivity contribution >= 4 is 11.4 Å². The van der Waals surface area contributed by atoms with Gasteiger partial charge < -0.3 is 5.32 Å². The average Bonchev–Trinajstić information content (AvgIpc) is 3.30. The summed E-state index contributed by atoms with van der Waals surface area (Å²) in [5, 5.41) is 14.4. The predicted molar refractivity (Wildman–Crippen MR) is 76.4 cm³/mol. The van der Waals surface area contributed by atoms with Gasteiger partial charge in [0.1, 0.15) is 5.69 Å². The van der Waals surface area contributed by atoms with Crippen molar-refractivity contribution < 1.29 is 4.92 Å². The number of nitro benzene ring substituents is 1. The van der Waals surface area contributed by atoms with Gasteiger partial charge in [-0.2, -0.15) is 0 Å². The van der Waals surface area contributed by atoms with E-state index in [0.29, 0.717) is 11.6 Å².